The molecule has 0 unspecified atom stereocenters. The van der Waals surface area contributed by atoms with Gasteiger partial charge in [-0.1, -0.05) is 11.6 Å². The number of hydrogen-bond acceptors (Lipinski definition) is 5. The number of carbonyl (C=O) groups is 1. The number of fused-ring (bicyclic) bond motifs is 2. The number of benzene rings is 2. The van der Waals surface area contributed by atoms with Crippen LogP contribution in [-0.4, -0.2) is 29.1 Å². The number of hydrogen-bond donors (Lipinski definition) is 2. The second kappa shape index (κ2) is 8.77. The number of nitrogens with zero attached hydrogens (tertiary/aromatic N) is 3. The number of rotatable bonds is 3. The van der Waals surface area contributed by atoms with Crippen LogP contribution in [0.1, 0.15) is 22.4 Å². The number of halogens is 4. The normalized spacial score (nSPS) is 15.0. The van der Waals surface area contributed by atoms with Crippen LogP contribution < -0.4 is 20.3 Å². The average Bonchev–Trinajstić information content (AvgIpc) is 3.23. The second-order valence-electron chi connectivity index (χ2n) is 7.95. The first-order chi connectivity index (χ1) is 16.3. The fourth-order valence-electron chi connectivity index (χ4n) is 4.09. The van der Waals surface area contributed by atoms with Gasteiger partial charge in [0.1, 0.15) is 12.1 Å². The van der Waals surface area contributed by atoms with Crippen molar-refractivity contribution in [2.24, 2.45) is 0 Å². The predicted octanol–water partition coefficient (Wildman–Crippen LogP) is 5.18. The molecule has 0 bridgehead atoms. The van der Waals surface area contributed by atoms with Crippen LogP contribution in [0.15, 0.2) is 42.7 Å². The van der Waals surface area contributed by atoms with Crippen molar-refractivity contribution in [2.45, 2.75) is 25.6 Å². The Kier molecular flexibility index (Phi) is 5.78. The van der Waals surface area contributed by atoms with E-state index in [9.17, 15) is 18.0 Å². The molecular formula is C23H19ClF3N5O2. The zero-order valence-electron chi connectivity index (χ0n) is 17.7. The Hall–Kier alpha value is -3.37. The summed E-state index contributed by atoms with van der Waals surface area (Å²) in [6.45, 7) is 1.86. The molecule has 0 radical (unpaired) electrons. The number of carbonyl (C=O) groups excluding carboxylic acids is 1. The number of alkyl halides is 3. The first-order valence-corrected chi connectivity index (χ1v) is 11.0. The third-order valence-electron chi connectivity index (χ3n) is 5.78. The molecule has 2 aliphatic rings. The molecule has 3 aromatic rings. The van der Waals surface area contributed by atoms with Crippen LogP contribution in [0, 0.1) is 0 Å². The van der Waals surface area contributed by atoms with Crippen LogP contribution >= 0.6 is 11.6 Å². The minimum absolute atomic E-state index is 0.0212. The van der Waals surface area contributed by atoms with E-state index in [0.29, 0.717) is 36.8 Å². The SMILES string of the molecule is O=C(Nc1cc(C(F)(F)F)ccc1Cl)N1CCc2cc(Oc3ncnc4c3CCNC4)ccc21. The lowest BCUT2D eigenvalue weighted by Crippen LogP contribution is -2.33. The topological polar surface area (TPSA) is 79.4 Å². The predicted molar refractivity (Wildman–Crippen MR) is 120 cm³/mol. The van der Waals surface area contributed by atoms with Gasteiger partial charge < -0.3 is 15.4 Å². The Balaban J connectivity index is 1.33. The van der Waals surface area contributed by atoms with Crippen molar-refractivity contribution >= 4 is 29.0 Å². The fourth-order valence-corrected chi connectivity index (χ4v) is 4.25. The Bertz CT molecular complexity index is 1270. The van der Waals surface area contributed by atoms with Crippen LogP contribution in [0.2, 0.25) is 5.02 Å². The molecule has 0 fully saturated rings. The molecule has 0 spiro atoms. The zero-order chi connectivity index (χ0) is 23.9. The molecule has 3 heterocycles. The van der Waals surface area contributed by atoms with Crippen molar-refractivity contribution < 1.29 is 22.7 Å². The molecule has 0 aliphatic carbocycles. The lowest BCUT2D eigenvalue weighted by molar-refractivity contribution is -0.137. The van der Waals surface area contributed by atoms with E-state index in [0.717, 1.165) is 48.0 Å². The molecule has 34 heavy (non-hydrogen) atoms. The standard InChI is InChI=1S/C23H19ClF3N5O2/c24-17-3-1-14(23(25,26)27)10-18(17)31-22(33)32-8-6-13-9-15(2-4-20(13)32)34-21-16-5-7-28-11-19(16)29-12-30-21/h1-4,9-10,12,28H,5-8,11H2,(H,31,33). The number of ether oxygens (including phenoxy) is 1. The quantitative estimate of drug-likeness (QED) is 0.530. The Labute approximate surface area is 197 Å². The molecule has 0 saturated carbocycles. The zero-order valence-corrected chi connectivity index (χ0v) is 18.5. The molecule has 0 atom stereocenters. The van der Waals surface area contributed by atoms with Crippen molar-refractivity contribution in [3.8, 4) is 11.6 Å². The minimum Gasteiger partial charge on any atom is -0.439 e. The van der Waals surface area contributed by atoms with Crippen molar-refractivity contribution in [2.75, 3.05) is 23.3 Å². The van der Waals surface area contributed by atoms with E-state index in [1.165, 1.54) is 11.2 Å². The van der Waals surface area contributed by atoms with Crippen LogP contribution in [0.5, 0.6) is 11.6 Å². The highest BCUT2D eigenvalue weighted by Gasteiger charge is 2.32. The first-order valence-electron chi connectivity index (χ1n) is 10.6. The van der Waals surface area contributed by atoms with Gasteiger partial charge in [0.15, 0.2) is 0 Å². The van der Waals surface area contributed by atoms with Crippen molar-refractivity contribution in [3.63, 3.8) is 0 Å². The smallest absolute Gasteiger partial charge is 0.416 e. The largest absolute Gasteiger partial charge is 0.439 e. The highest BCUT2D eigenvalue weighted by atomic mass is 35.5. The maximum Gasteiger partial charge on any atom is 0.416 e. The summed E-state index contributed by atoms with van der Waals surface area (Å²) in [6, 6.07) is 7.57. The first kappa shape index (κ1) is 22.4. The lowest BCUT2D eigenvalue weighted by Gasteiger charge is -2.20. The molecule has 2 N–H and O–H groups in total. The molecule has 5 rings (SSSR count). The van der Waals surface area contributed by atoms with Crippen LogP contribution in [0.4, 0.5) is 29.3 Å². The van der Waals surface area contributed by atoms with Gasteiger partial charge in [-0.3, -0.25) is 4.90 Å². The minimum atomic E-state index is -4.54. The average molecular weight is 490 g/mol. The van der Waals surface area contributed by atoms with Gasteiger partial charge in [-0.25, -0.2) is 14.8 Å². The third-order valence-corrected chi connectivity index (χ3v) is 6.11. The maximum absolute atomic E-state index is 13.0. The second-order valence-corrected chi connectivity index (χ2v) is 8.35. The van der Waals surface area contributed by atoms with E-state index in [1.54, 1.807) is 12.1 Å². The Morgan fingerprint density at radius 2 is 2.00 bits per heavy atom. The van der Waals surface area contributed by atoms with Gasteiger partial charge in [0.25, 0.3) is 0 Å². The number of urea groups is 1. The van der Waals surface area contributed by atoms with Crippen molar-refractivity contribution in [1.82, 2.24) is 15.3 Å². The summed E-state index contributed by atoms with van der Waals surface area (Å²) in [7, 11) is 0. The van der Waals surface area contributed by atoms with Crippen LogP contribution in [0.3, 0.4) is 0 Å². The van der Waals surface area contributed by atoms with Gasteiger partial charge in [-0.15, -0.1) is 0 Å². The van der Waals surface area contributed by atoms with E-state index >= 15 is 0 Å². The molecule has 176 valence electrons. The summed E-state index contributed by atoms with van der Waals surface area (Å²) in [6.07, 6.45) is -1.73. The van der Waals surface area contributed by atoms with Gasteiger partial charge in [-0.05, 0) is 61.3 Å². The molecule has 11 heteroatoms. The maximum atomic E-state index is 13.0. The van der Waals surface area contributed by atoms with Gasteiger partial charge in [0, 0.05) is 24.3 Å². The number of anilines is 2. The number of amides is 2. The highest BCUT2D eigenvalue weighted by molar-refractivity contribution is 6.33. The Morgan fingerprint density at radius 3 is 2.82 bits per heavy atom. The van der Waals surface area contributed by atoms with E-state index in [1.807, 2.05) is 6.07 Å². The molecule has 1 aromatic heterocycles. The van der Waals surface area contributed by atoms with Gasteiger partial charge in [-0.2, -0.15) is 13.2 Å². The lowest BCUT2D eigenvalue weighted by atomic mass is 10.1. The number of nitrogens with one attached hydrogen (secondary N) is 2. The number of aromatic nitrogens is 2. The molecule has 0 saturated heterocycles. The highest BCUT2D eigenvalue weighted by Crippen LogP contribution is 2.36. The van der Waals surface area contributed by atoms with E-state index in [-0.39, 0.29) is 10.7 Å². The van der Waals surface area contributed by atoms with Gasteiger partial charge in [0.05, 0.1) is 22.0 Å². The molecule has 2 amide bonds. The molecule has 2 aromatic carbocycles. The fraction of sp³-hybridized carbons (Fsp3) is 0.261. The summed E-state index contributed by atoms with van der Waals surface area (Å²) < 4.78 is 45.1. The molecule has 2 aliphatic heterocycles. The van der Waals surface area contributed by atoms with Crippen LogP contribution in [-0.2, 0) is 25.6 Å². The Morgan fingerprint density at radius 1 is 1.15 bits per heavy atom. The van der Waals surface area contributed by atoms with Gasteiger partial charge >= 0.3 is 12.2 Å². The van der Waals surface area contributed by atoms with E-state index in [2.05, 4.69) is 20.6 Å². The third kappa shape index (κ3) is 4.38. The summed E-state index contributed by atoms with van der Waals surface area (Å²) >= 11 is 6.01. The summed E-state index contributed by atoms with van der Waals surface area (Å²) in [5.41, 5.74) is 2.43. The monoisotopic (exact) mass is 489 g/mol. The summed E-state index contributed by atoms with van der Waals surface area (Å²) in [4.78, 5) is 22.9. The molecular weight excluding hydrogens is 471 g/mol. The summed E-state index contributed by atoms with van der Waals surface area (Å²) in [5.74, 6) is 1.10. The van der Waals surface area contributed by atoms with Crippen LogP contribution in [0.25, 0.3) is 0 Å². The van der Waals surface area contributed by atoms with E-state index < -0.39 is 17.8 Å². The van der Waals surface area contributed by atoms with E-state index in [4.69, 9.17) is 16.3 Å². The van der Waals surface area contributed by atoms with Crippen molar-refractivity contribution in [3.05, 3.63) is 70.1 Å². The van der Waals surface area contributed by atoms with Gasteiger partial charge in [0.2, 0.25) is 5.88 Å². The summed E-state index contributed by atoms with van der Waals surface area (Å²) in [5, 5.41) is 5.78. The molecule has 7 nitrogen and oxygen atoms in total. The van der Waals surface area contributed by atoms with Crippen molar-refractivity contribution in [1.29, 1.82) is 0 Å².